The second-order valence-corrected chi connectivity index (χ2v) is 6.06. The third kappa shape index (κ3) is 3.59. The summed E-state index contributed by atoms with van der Waals surface area (Å²) >= 11 is 6.06. The molecule has 3 rings (SSSR count). The zero-order chi connectivity index (χ0) is 18.0. The molecule has 0 fully saturated rings. The van der Waals surface area contributed by atoms with Crippen molar-refractivity contribution < 1.29 is 14.3 Å². The van der Waals surface area contributed by atoms with Gasteiger partial charge in [0, 0.05) is 10.7 Å². The molecule has 0 bridgehead atoms. The van der Waals surface area contributed by atoms with Gasteiger partial charge in [-0.2, -0.15) is 5.26 Å². The van der Waals surface area contributed by atoms with E-state index >= 15 is 0 Å². The first kappa shape index (κ1) is 16.9. The van der Waals surface area contributed by atoms with Crippen molar-refractivity contribution in [2.24, 2.45) is 0 Å². The van der Waals surface area contributed by atoms with E-state index in [1.165, 1.54) is 6.08 Å². The van der Waals surface area contributed by atoms with Crippen molar-refractivity contribution in [1.29, 1.82) is 5.26 Å². The molecule has 0 aromatic heterocycles. The molecule has 2 aromatic carbocycles. The molecule has 1 heterocycles. The molecular formula is C19H15ClN2O3. The number of benzene rings is 2. The fraction of sp³-hybridized carbons (Fsp3) is 0.158. The number of amides is 1. The van der Waals surface area contributed by atoms with Crippen molar-refractivity contribution in [1.82, 2.24) is 0 Å². The molecule has 2 aromatic rings. The van der Waals surface area contributed by atoms with Gasteiger partial charge in [-0.3, -0.25) is 4.79 Å². The third-order valence-electron chi connectivity index (χ3n) is 3.86. The Balaban J connectivity index is 1.86. The summed E-state index contributed by atoms with van der Waals surface area (Å²) in [5.74, 6) is 0.756. The van der Waals surface area contributed by atoms with Crippen LogP contribution in [0.4, 0.5) is 5.69 Å². The monoisotopic (exact) mass is 354 g/mol. The molecule has 0 saturated heterocycles. The zero-order valence-electron chi connectivity index (χ0n) is 13.7. The van der Waals surface area contributed by atoms with Gasteiger partial charge in [0.2, 0.25) is 6.79 Å². The second kappa shape index (κ2) is 6.88. The van der Waals surface area contributed by atoms with Crippen LogP contribution in [-0.2, 0) is 4.79 Å². The van der Waals surface area contributed by atoms with E-state index < -0.39 is 5.91 Å². The minimum absolute atomic E-state index is 0.0151. The first-order valence-electron chi connectivity index (χ1n) is 7.57. The number of rotatable bonds is 3. The number of anilines is 1. The summed E-state index contributed by atoms with van der Waals surface area (Å²) in [6.45, 7) is 3.92. The van der Waals surface area contributed by atoms with E-state index in [2.05, 4.69) is 5.32 Å². The third-order valence-corrected chi connectivity index (χ3v) is 4.26. The maximum atomic E-state index is 12.4. The average molecular weight is 355 g/mol. The van der Waals surface area contributed by atoms with Gasteiger partial charge < -0.3 is 14.8 Å². The van der Waals surface area contributed by atoms with E-state index in [0.717, 1.165) is 16.7 Å². The van der Waals surface area contributed by atoms with Crippen LogP contribution in [0.15, 0.2) is 35.9 Å². The molecule has 0 aliphatic carbocycles. The number of hydrogen-bond donors (Lipinski definition) is 1. The summed E-state index contributed by atoms with van der Waals surface area (Å²) in [7, 11) is 0. The Morgan fingerprint density at radius 2 is 1.92 bits per heavy atom. The lowest BCUT2D eigenvalue weighted by atomic mass is 10.0. The van der Waals surface area contributed by atoms with E-state index in [1.807, 2.05) is 26.0 Å². The van der Waals surface area contributed by atoms with Crippen LogP contribution >= 0.6 is 11.6 Å². The lowest BCUT2D eigenvalue weighted by Crippen LogP contribution is -2.13. The van der Waals surface area contributed by atoms with Crippen molar-refractivity contribution in [3.63, 3.8) is 0 Å². The highest BCUT2D eigenvalue weighted by Gasteiger charge is 2.16. The van der Waals surface area contributed by atoms with Crippen molar-refractivity contribution >= 4 is 29.3 Å². The number of carbonyl (C=O) groups is 1. The molecule has 1 N–H and O–H groups in total. The molecule has 1 aliphatic heterocycles. The number of fused-ring (bicyclic) bond motifs is 1. The van der Waals surface area contributed by atoms with Crippen molar-refractivity contribution in [2.45, 2.75) is 13.8 Å². The zero-order valence-corrected chi connectivity index (χ0v) is 14.5. The van der Waals surface area contributed by atoms with E-state index in [1.54, 1.807) is 24.3 Å². The molecule has 0 unspecified atom stereocenters. The van der Waals surface area contributed by atoms with E-state index in [9.17, 15) is 10.1 Å². The fourth-order valence-corrected chi connectivity index (χ4v) is 2.57. The highest BCUT2D eigenvalue weighted by Crippen LogP contribution is 2.35. The number of carbonyl (C=O) groups excluding carboxylic acids is 1. The normalized spacial score (nSPS) is 12.6. The SMILES string of the molecule is Cc1ccc(NC(=O)/C(C#N)=C/c2cc3c(cc2C)OCO3)cc1Cl. The lowest BCUT2D eigenvalue weighted by molar-refractivity contribution is -0.112. The predicted octanol–water partition coefficient (Wildman–Crippen LogP) is 4.23. The summed E-state index contributed by atoms with van der Waals surface area (Å²) in [4.78, 5) is 12.4. The van der Waals surface area contributed by atoms with Gasteiger partial charge in [0.1, 0.15) is 11.6 Å². The molecule has 1 amide bonds. The van der Waals surface area contributed by atoms with Gasteiger partial charge in [-0.15, -0.1) is 0 Å². The summed E-state index contributed by atoms with van der Waals surface area (Å²) in [5.41, 5.74) is 3.02. The average Bonchev–Trinajstić information content (AvgIpc) is 3.02. The van der Waals surface area contributed by atoms with Crippen LogP contribution in [0.3, 0.4) is 0 Å². The maximum Gasteiger partial charge on any atom is 0.266 e. The minimum Gasteiger partial charge on any atom is -0.454 e. The molecule has 0 atom stereocenters. The number of ether oxygens (including phenoxy) is 2. The quantitative estimate of drug-likeness (QED) is 0.661. The highest BCUT2D eigenvalue weighted by molar-refractivity contribution is 6.31. The molecule has 126 valence electrons. The maximum absolute atomic E-state index is 12.4. The van der Waals surface area contributed by atoms with Gasteiger partial charge in [-0.1, -0.05) is 17.7 Å². The second-order valence-electron chi connectivity index (χ2n) is 5.65. The number of nitrogens with one attached hydrogen (secondary N) is 1. The highest BCUT2D eigenvalue weighted by atomic mass is 35.5. The lowest BCUT2D eigenvalue weighted by Gasteiger charge is -2.07. The van der Waals surface area contributed by atoms with Crippen LogP contribution in [0, 0.1) is 25.2 Å². The van der Waals surface area contributed by atoms with Crippen molar-refractivity contribution in [3.05, 3.63) is 57.6 Å². The topological polar surface area (TPSA) is 71.4 Å². The summed E-state index contributed by atoms with van der Waals surface area (Å²) in [6, 6.07) is 10.7. The fourth-order valence-electron chi connectivity index (χ4n) is 2.39. The van der Waals surface area contributed by atoms with Crippen LogP contribution in [0.2, 0.25) is 5.02 Å². The van der Waals surface area contributed by atoms with Crippen molar-refractivity contribution in [3.8, 4) is 17.6 Å². The summed E-state index contributed by atoms with van der Waals surface area (Å²) in [5, 5.41) is 12.6. The molecule has 0 radical (unpaired) electrons. The molecule has 5 nitrogen and oxygen atoms in total. The van der Waals surface area contributed by atoms with Crippen LogP contribution in [-0.4, -0.2) is 12.7 Å². The molecule has 0 spiro atoms. The smallest absolute Gasteiger partial charge is 0.266 e. The van der Waals surface area contributed by atoms with Crippen LogP contribution in [0.5, 0.6) is 11.5 Å². The van der Waals surface area contributed by atoms with Gasteiger partial charge in [0.15, 0.2) is 11.5 Å². The Hall–Kier alpha value is -2.97. The van der Waals surface area contributed by atoms with Gasteiger partial charge in [0.05, 0.1) is 0 Å². The van der Waals surface area contributed by atoms with Gasteiger partial charge in [0.25, 0.3) is 5.91 Å². The van der Waals surface area contributed by atoms with Crippen LogP contribution < -0.4 is 14.8 Å². The Labute approximate surface area is 150 Å². The molecular weight excluding hydrogens is 340 g/mol. The first-order valence-corrected chi connectivity index (χ1v) is 7.95. The Morgan fingerprint density at radius 3 is 2.60 bits per heavy atom. The minimum atomic E-state index is -0.500. The Morgan fingerprint density at radius 1 is 1.20 bits per heavy atom. The molecule has 0 saturated carbocycles. The van der Waals surface area contributed by atoms with Gasteiger partial charge >= 0.3 is 0 Å². The summed E-state index contributed by atoms with van der Waals surface area (Å²) < 4.78 is 10.7. The van der Waals surface area contributed by atoms with E-state index in [0.29, 0.717) is 22.2 Å². The van der Waals surface area contributed by atoms with Gasteiger partial charge in [-0.25, -0.2) is 0 Å². The number of halogens is 1. The Bertz CT molecular complexity index is 929. The standard InChI is InChI=1S/C19H15ClN2O3/c1-11-3-4-15(8-16(11)20)22-19(23)14(9-21)6-13-7-18-17(5-12(13)2)24-10-25-18/h3-8H,10H2,1-2H3,(H,22,23)/b14-6+. The van der Waals surface area contributed by atoms with E-state index in [-0.39, 0.29) is 12.4 Å². The number of nitriles is 1. The van der Waals surface area contributed by atoms with Crippen LogP contribution in [0.1, 0.15) is 16.7 Å². The molecule has 1 aliphatic rings. The number of aryl methyl sites for hydroxylation is 2. The molecule has 6 heteroatoms. The number of hydrogen-bond acceptors (Lipinski definition) is 4. The summed E-state index contributed by atoms with van der Waals surface area (Å²) in [6.07, 6.45) is 1.53. The number of nitrogens with zero attached hydrogens (tertiary/aromatic N) is 1. The van der Waals surface area contributed by atoms with Crippen LogP contribution in [0.25, 0.3) is 6.08 Å². The van der Waals surface area contributed by atoms with Gasteiger partial charge in [-0.05, 0) is 60.9 Å². The van der Waals surface area contributed by atoms with Crippen molar-refractivity contribution in [2.75, 3.05) is 12.1 Å². The predicted molar refractivity (Wildman–Crippen MR) is 95.7 cm³/mol. The Kier molecular flexibility index (Phi) is 4.64. The largest absolute Gasteiger partial charge is 0.454 e. The molecule has 25 heavy (non-hydrogen) atoms. The first-order chi connectivity index (χ1) is 12.0. The van der Waals surface area contributed by atoms with E-state index in [4.69, 9.17) is 21.1 Å².